The van der Waals surface area contributed by atoms with E-state index in [1.165, 1.54) is 6.21 Å². The predicted molar refractivity (Wildman–Crippen MR) is 56.4 cm³/mol. The molecule has 0 amide bonds. The van der Waals surface area contributed by atoms with Crippen molar-refractivity contribution in [3.05, 3.63) is 22.7 Å². The molecule has 5 heteroatoms. The van der Waals surface area contributed by atoms with E-state index < -0.39 is 0 Å². The molecule has 1 N–H and O–H groups in total. The zero-order valence-electron chi connectivity index (χ0n) is 8.11. The summed E-state index contributed by atoms with van der Waals surface area (Å²) < 4.78 is 11.0. The standard InChI is InChI=1S/C10H10ClNO3/c1-6-5-14-9-3-8(11)7(4-12-13)2-10(9)15-6/h2-4,6,13H,5H2,1H3. The Balaban J connectivity index is 2.42. The van der Waals surface area contributed by atoms with Crippen LogP contribution in [0.1, 0.15) is 12.5 Å². The van der Waals surface area contributed by atoms with Crippen LogP contribution in [0.3, 0.4) is 0 Å². The van der Waals surface area contributed by atoms with Crippen molar-refractivity contribution in [3.63, 3.8) is 0 Å². The first kappa shape index (κ1) is 10.1. The average Bonchev–Trinajstić information content (AvgIpc) is 2.20. The SMILES string of the molecule is CC1COc2cc(Cl)c(C=NO)cc2O1. The molecule has 1 atom stereocenters. The quantitative estimate of drug-likeness (QED) is 0.455. The van der Waals surface area contributed by atoms with Crippen LogP contribution in [-0.2, 0) is 0 Å². The summed E-state index contributed by atoms with van der Waals surface area (Å²) in [5.41, 5.74) is 0.593. The molecule has 80 valence electrons. The third-order valence-electron chi connectivity index (χ3n) is 2.06. The van der Waals surface area contributed by atoms with Gasteiger partial charge in [-0.05, 0) is 13.0 Å². The number of oxime groups is 1. The van der Waals surface area contributed by atoms with Crippen LogP contribution in [0.2, 0.25) is 5.02 Å². The minimum Gasteiger partial charge on any atom is -0.486 e. The van der Waals surface area contributed by atoms with Crippen molar-refractivity contribution < 1.29 is 14.7 Å². The van der Waals surface area contributed by atoms with Crippen molar-refractivity contribution in [3.8, 4) is 11.5 Å². The van der Waals surface area contributed by atoms with Crippen LogP contribution < -0.4 is 9.47 Å². The van der Waals surface area contributed by atoms with Gasteiger partial charge in [-0.25, -0.2) is 0 Å². The topological polar surface area (TPSA) is 51.0 Å². The second-order valence-corrected chi connectivity index (χ2v) is 3.71. The molecule has 0 saturated heterocycles. The number of ether oxygens (including phenoxy) is 2. The number of hydrogen-bond donors (Lipinski definition) is 1. The number of rotatable bonds is 1. The number of benzene rings is 1. The summed E-state index contributed by atoms with van der Waals surface area (Å²) in [4.78, 5) is 0. The van der Waals surface area contributed by atoms with E-state index in [1.807, 2.05) is 6.92 Å². The van der Waals surface area contributed by atoms with Gasteiger partial charge in [0.1, 0.15) is 12.7 Å². The minimum absolute atomic E-state index is 0.0117. The Morgan fingerprint density at radius 2 is 2.33 bits per heavy atom. The number of halogens is 1. The van der Waals surface area contributed by atoms with E-state index in [-0.39, 0.29) is 6.10 Å². The first-order chi connectivity index (χ1) is 7.20. The fourth-order valence-electron chi connectivity index (χ4n) is 1.37. The van der Waals surface area contributed by atoms with Crippen molar-refractivity contribution in [2.24, 2.45) is 5.16 Å². The van der Waals surface area contributed by atoms with Gasteiger partial charge in [0.05, 0.1) is 11.2 Å². The number of nitrogens with zero attached hydrogens (tertiary/aromatic N) is 1. The zero-order chi connectivity index (χ0) is 10.8. The summed E-state index contributed by atoms with van der Waals surface area (Å²) in [5, 5.41) is 11.8. The average molecular weight is 228 g/mol. The Labute approximate surface area is 92.1 Å². The molecular weight excluding hydrogens is 218 g/mol. The van der Waals surface area contributed by atoms with E-state index >= 15 is 0 Å². The molecule has 1 aliphatic rings. The molecule has 1 heterocycles. The molecule has 1 aromatic rings. The Morgan fingerprint density at radius 1 is 1.53 bits per heavy atom. The lowest BCUT2D eigenvalue weighted by Crippen LogP contribution is -2.25. The Morgan fingerprint density at radius 3 is 3.07 bits per heavy atom. The molecule has 0 fully saturated rings. The molecule has 4 nitrogen and oxygen atoms in total. The van der Waals surface area contributed by atoms with E-state index in [0.29, 0.717) is 28.7 Å². The Kier molecular flexibility index (Phi) is 2.68. The molecular formula is C10H10ClNO3. The summed E-state index contributed by atoms with van der Waals surface area (Å²) in [5.74, 6) is 1.24. The summed E-state index contributed by atoms with van der Waals surface area (Å²) in [6, 6.07) is 3.34. The van der Waals surface area contributed by atoms with Crippen molar-refractivity contribution in [2.75, 3.05) is 6.61 Å². The minimum atomic E-state index is 0.0117. The van der Waals surface area contributed by atoms with Gasteiger partial charge in [0.25, 0.3) is 0 Å². The van der Waals surface area contributed by atoms with Gasteiger partial charge in [-0.2, -0.15) is 0 Å². The zero-order valence-corrected chi connectivity index (χ0v) is 8.86. The normalized spacial score (nSPS) is 19.5. The monoisotopic (exact) mass is 227 g/mol. The third-order valence-corrected chi connectivity index (χ3v) is 2.39. The molecule has 0 spiro atoms. The van der Waals surface area contributed by atoms with Crippen LogP contribution in [0.4, 0.5) is 0 Å². The molecule has 15 heavy (non-hydrogen) atoms. The second kappa shape index (κ2) is 3.98. The highest BCUT2D eigenvalue weighted by Gasteiger charge is 2.18. The van der Waals surface area contributed by atoms with Crippen LogP contribution in [-0.4, -0.2) is 24.1 Å². The van der Waals surface area contributed by atoms with Gasteiger partial charge in [0, 0.05) is 11.6 Å². The van der Waals surface area contributed by atoms with E-state index in [2.05, 4.69) is 5.16 Å². The van der Waals surface area contributed by atoms with Crippen LogP contribution in [0.15, 0.2) is 17.3 Å². The summed E-state index contributed by atoms with van der Waals surface area (Å²) in [6.07, 6.45) is 1.27. The lowest BCUT2D eigenvalue weighted by atomic mass is 10.2. The predicted octanol–water partition coefficient (Wildman–Crippen LogP) is 2.31. The summed E-state index contributed by atoms with van der Waals surface area (Å²) >= 11 is 5.94. The maximum absolute atomic E-state index is 8.44. The van der Waals surface area contributed by atoms with Crippen molar-refractivity contribution in [2.45, 2.75) is 13.0 Å². The molecule has 0 aliphatic carbocycles. The molecule has 0 aromatic heterocycles. The fraction of sp³-hybridized carbons (Fsp3) is 0.300. The molecule has 1 unspecified atom stereocenters. The van der Waals surface area contributed by atoms with Gasteiger partial charge < -0.3 is 14.7 Å². The van der Waals surface area contributed by atoms with Crippen LogP contribution in [0, 0.1) is 0 Å². The van der Waals surface area contributed by atoms with Crippen LogP contribution >= 0.6 is 11.6 Å². The maximum Gasteiger partial charge on any atom is 0.162 e. The lowest BCUT2D eigenvalue weighted by molar-refractivity contribution is 0.104. The molecule has 2 rings (SSSR count). The summed E-state index contributed by atoms with van der Waals surface area (Å²) in [7, 11) is 0. The van der Waals surface area contributed by atoms with E-state index in [0.717, 1.165) is 0 Å². The molecule has 0 bridgehead atoms. The fourth-order valence-corrected chi connectivity index (χ4v) is 1.58. The largest absolute Gasteiger partial charge is 0.486 e. The molecule has 0 radical (unpaired) electrons. The Hall–Kier alpha value is -1.42. The van der Waals surface area contributed by atoms with Crippen molar-refractivity contribution in [1.29, 1.82) is 0 Å². The third kappa shape index (κ3) is 1.99. The highest BCUT2D eigenvalue weighted by atomic mass is 35.5. The molecule has 0 saturated carbocycles. The summed E-state index contributed by atoms with van der Waals surface area (Å²) in [6.45, 7) is 2.42. The van der Waals surface area contributed by atoms with E-state index in [4.69, 9.17) is 26.3 Å². The first-order valence-electron chi connectivity index (χ1n) is 4.51. The molecule has 1 aliphatic heterocycles. The number of hydrogen-bond acceptors (Lipinski definition) is 4. The van der Waals surface area contributed by atoms with Crippen molar-refractivity contribution >= 4 is 17.8 Å². The van der Waals surface area contributed by atoms with E-state index in [1.54, 1.807) is 12.1 Å². The first-order valence-corrected chi connectivity index (χ1v) is 4.89. The van der Waals surface area contributed by atoms with Gasteiger partial charge in [0.2, 0.25) is 0 Å². The maximum atomic E-state index is 8.44. The van der Waals surface area contributed by atoms with Gasteiger partial charge in [-0.1, -0.05) is 16.8 Å². The van der Waals surface area contributed by atoms with Crippen LogP contribution in [0.25, 0.3) is 0 Å². The van der Waals surface area contributed by atoms with Gasteiger partial charge >= 0.3 is 0 Å². The second-order valence-electron chi connectivity index (χ2n) is 3.30. The molecule has 1 aromatic carbocycles. The van der Waals surface area contributed by atoms with E-state index in [9.17, 15) is 0 Å². The van der Waals surface area contributed by atoms with Gasteiger partial charge in [0.15, 0.2) is 11.5 Å². The van der Waals surface area contributed by atoms with Gasteiger partial charge in [-0.15, -0.1) is 0 Å². The van der Waals surface area contributed by atoms with Gasteiger partial charge in [-0.3, -0.25) is 0 Å². The Bertz CT molecular complexity index is 406. The highest BCUT2D eigenvalue weighted by Crippen LogP contribution is 2.35. The van der Waals surface area contributed by atoms with Crippen LogP contribution in [0.5, 0.6) is 11.5 Å². The smallest absolute Gasteiger partial charge is 0.162 e. The lowest BCUT2D eigenvalue weighted by Gasteiger charge is -2.24. The van der Waals surface area contributed by atoms with Crippen molar-refractivity contribution in [1.82, 2.24) is 0 Å². The highest BCUT2D eigenvalue weighted by molar-refractivity contribution is 6.33. The number of fused-ring (bicyclic) bond motifs is 1.